The van der Waals surface area contributed by atoms with Crippen LogP contribution in [0.15, 0.2) is 41.5 Å². The molecule has 3 heterocycles. The first kappa shape index (κ1) is 15.5. The van der Waals surface area contributed by atoms with Gasteiger partial charge in [0.25, 0.3) is 5.56 Å². The normalized spacial score (nSPS) is 16.6. The Kier molecular flexibility index (Phi) is 3.42. The van der Waals surface area contributed by atoms with Gasteiger partial charge in [0.1, 0.15) is 11.6 Å². The van der Waals surface area contributed by atoms with E-state index in [1.165, 1.54) is 0 Å². The summed E-state index contributed by atoms with van der Waals surface area (Å²) in [5, 5.41) is 7.19. The molecule has 0 fully saturated rings. The van der Waals surface area contributed by atoms with Crippen LogP contribution in [0.2, 0.25) is 0 Å². The molecule has 0 spiro atoms. The summed E-state index contributed by atoms with van der Waals surface area (Å²) in [7, 11) is 1.75. The van der Waals surface area contributed by atoms with Crippen molar-refractivity contribution in [2.24, 2.45) is 13.0 Å². The predicted molar refractivity (Wildman–Crippen MR) is 99.9 cm³/mol. The Hall–Kier alpha value is -3.02. The molecule has 1 atom stereocenters. The lowest BCUT2D eigenvalue weighted by molar-refractivity contribution is -0.117. The summed E-state index contributed by atoms with van der Waals surface area (Å²) in [5.41, 5.74) is 4.19. The molecule has 3 aromatic rings. The van der Waals surface area contributed by atoms with E-state index in [9.17, 15) is 9.59 Å². The summed E-state index contributed by atoms with van der Waals surface area (Å²) in [5.74, 6) is 0.177. The first-order valence-corrected chi connectivity index (χ1v) is 8.34. The fraction of sp³-hybridized carbons (Fsp3) is 0.263. The molecule has 1 unspecified atom stereocenters. The summed E-state index contributed by atoms with van der Waals surface area (Å²) in [6, 6.07) is 7.54. The van der Waals surface area contributed by atoms with E-state index in [2.05, 4.69) is 15.6 Å². The molecule has 6 heteroatoms. The zero-order valence-electron chi connectivity index (χ0n) is 14.4. The van der Waals surface area contributed by atoms with Gasteiger partial charge in [-0.1, -0.05) is 19.9 Å². The van der Waals surface area contributed by atoms with Gasteiger partial charge in [-0.15, -0.1) is 0 Å². The standard InChI is InChI=1S/C19H20N4O2/c1-10(2)16-18(24)22-14-5-4-11(8-15(14)21-16)13-9-23(3)19(25)17-12(13)6-7-20-17/h4-10,16,20-21H,1-3H3,(H,22,24). The average Bonchev–Trinajstić information content (AvgIpc) is 3.07. The number of aryl methyl sites for hydroxylation is 1. The van der Waals surface area contributed by atoms with Crippen LogP contribution in [-0.4, -0.2) is 21.5 Å². The van der Waals surface area contributed by atoms with Gasteiger partial charge >= 0.3 is 0 Å². The van der Waals surface area contributed by atoms with E-state index in [0.717, 1.165) is 27.9 Å². The quantitative estimate of drug-likeness (QED) is 0.673. The van der Waals surface area contributed by atoms with E-state index in [4.69, 9.17) is 0 Å². The molecule has 6 nitrogen and oxygen atoms in total. The largest absolute Gasteiger partial charge is 0.372 e. The van der Waals surface area contributed by atoms with E-state index < -0.39 is 0 Å². The summed E-state index contributed by atoms with van der Waals surface area (Å²) in [6.45, 7) is 4.03. The maximum atomic E-state index is 12.2. The van der Waals surface area contributed by atoms with Crippen LogP contribution < -0.4 is 16.2 Å². The van der Waals surface area contributed by atoms with Crippen LogP contribution in [0.3, 0.4) is 0 Å². The maximum absolute atomic E-state index is 12.2. The van der Waals surface area contributed by atoms with Crippen molar-refractivity contribution in [2.75, 3.05) is 10.6 Å². The lowest BCUT2D eigenvalue weighted by Gasteiger charge is -2.29. The van der Waals surface area contributed by atoms with Crippen LogP contribution in [-0.2, 0) is 11.8 Å². The molecule has 0 saturated heterocycles. The Morgan fingerprint density at radius 3 is 2.68 bits per heavy atom. The number of amides is 1. The summed E-state index contributed by atoms with van der Waals surface area (Å²) >= 11 is 0. The minimum atomic E-state index is -0.254. The van der Waals surface area contributed by atoms with Gasteiger partial charge in [0.05, 0.1) is 11.4 Å². The van der Waals surface area contributed by atoms with Crippen molar-refractivity contribution < 1.29 is 4.79 Å². The summed E-state index contributed by atoms with van der Waals surface area (Å²) in [4.78, 5) is 27.4. The van der Waals surface area contributed by atoms with Crippen molar-refractivity contribution in [3.63, 3.8) is 0 Å². The van der Waals surface area contributed by atoms with Gasteiger partial charge in [0.2, 0.25) is 5.91 Å². The van der Waals surface area contributed by atoms with Gasteiger partial charge in [-0.2, -0.15) is 0 Å². The molecule has 1 aliphatic heterocycles. The van der Waals surface area contributed by atoms with E-state index in [0.29, 0.717) is 5.52 Å². The molecule has 4 rings (SSSR count). The van der Waals surface area contributed by atoms with Gasteiger partial charge < -0.3 is 20.2 Å². The fourth-order valence-corrected chi connectivity index (χ4v) is 3.35. The molecule has 0 saturated carbocycles. The van der Waals surface area contributed by atoms with Gasteiger partial charge in [-0.3, -0.25) is 9.59 Å². The molecule has 3 N–H and O–H groups in total. The van der Waals surface area contributed by atoms with E-state index >= 15 is 0 Å². The maximum Gasteiger partial charge on any atom is 0.274 e. The highest BCUT2D eigenvalue weighted by molar-refractivity contribution is 6.04. The highest BCUT2D eigenvalue weighted by atomic mass is 16.2. The highest BCUT2D eigenvalue weighted by Crippen LogP contribution is 2.35. The van der Waals surface area contributed by atoms with Crippen LogP contribution in [0.4, 0.5) is 11.4 Å². The molecule has 1 aliphatic rings. The van der Waals surface area contributed by atoms with E-state index in [1.807, 2.05) is 44.3 Å². The number of fused-ring (bicyclic) bond motifs is 2. The number of rotatable bonds is 2. The number of aromatic nitrogens is 2. The second-order valence-corrected chi connectivity index (χ2v) is 6.84. The number of carbonyl (C=O) groups excluding carboxylic acids is 1. The molecule has 0 radical (unpaired) electrons. The topological polar surface area (TPSA) is 78.9 Å². The van der Waals surface area contributed by atoms with E-state index in [-0.39, 0.29) is 23.4 Å². The van der Waals surface area contributed by atoms with Gasteiger partial charge in [0.15, 0.2) is 0 Å². The molecule has 0 bridgehead atoms. The number of aromatic amines is 1. The third-order valence-corrected chi connectivity index (χ3v) is 4.74. The zero-order chi connectivity index (χ0) is 17.7. The van der Waals surface area contributed by atoms with Crippen molar-refractivity contribution in [2.45, 2.75) is 19.9 Å². The minimum absolute atomic E-state index is 0.00890. The second kappa shape index (κ2) is 5.51. The lowest BCUT2D eigenvalue weighted by Crippen LogP contribution is -2.42. The van der Waals surface area contributed by atoms with Crippen molar-refractivity contribution in [1.82, 2.24) is 9.55 Å². The molecule has 128 valence electrons. The number of H-pyrrole nitrogens is 1. The van der Waals surface area contributed by atoms with Gasteiger partial charge in [0, 0.05) is 30.4 Å². The smallest absolute Gasteiger partial charge is 0.274 e. The molecule has 2 aromatic heterocycles. The zero-order valence-corrected chi connectivity index (χ0v) is 14.4. The fourth-order valence-electron chi connectivity index (χ4n) is 3.35. The Bertz CT molecular complexity index is 1050. The van der Waals surface area contributed by atoms with E-state index in [1.54, 1.807) is 17.8 Å². The molecular formula is C19H20N4O2. The number of hydrogen-bond donors (Lipinski definition) is 3. The second-order valence-electron chi connectivity index (χ2n) is 6.84. The van der Waals surface area contributed by atoms with Crippen molar-refractivity contribution >= 4 is 28.2 Å². The monoisotopic (exact) mass is 336 g/mol. The molecule has 0 aliphatic carbocycles. The number of pyridine rings is 1. The number of hydrogen-bond acceptors (Lipinski definition) is 3. The number of anilines is 2. The predicted octanol–water partition coefficient (Wildman–Crippen LogP) is 2.92. The van der Waals surface area contributed by atoms with Crippen LogP contribution in [0.5, 0.6) is 0 Å². The molecule has 25 heavy (non-hydrogen) atoms. The Balaban J connectivity index is 1.86. The first-order valence-electron chi connectivity index (χ1n) is 8.34. The number of carbonyl (C=O) groups is 1. The number of nitrogens with one attached hydrogen (secondary N) is 3. The van der Waals surface area contributed by atoms with Crippen LogP contribution in [0, 0.1) is 5.92 Å². The van der Waals surface area contributed by atoms with Crippen molar-refractivity contribution in [1.29, 1.82) is 0 Å². The van der Waals surface area contributed by atoms with Gasteiger partial charge in [-0.25, -0.2) is 0 Å². The van der Waals surface area contributed by atoms with Crippen LogP contribution in [0.1, 0.15) is 13.8 Å². The lowest BCUT2D eigenvalue weighted by atomic mass is 9.98. The molecule has 1 amide bonds. The minimum Gasteiger partial charge on any atom is -0.372 e. The Morgan fingerprint density at radius 2 is 1.92 bits per heavy atom. The average molecular weight is 336 g/mol. The summed E-state index contributed by atoms with van der Waals surface area (Å²) < 4.78 is 1.58. The van der Waals surface area contributed by atoms with Crippen molar-refractivity contribution in [3.05, 3.63) is 47.0 Å². The van der Waals surface area contributed by atoms with Crippen molar-refractivity contribution in [3.8, 4) is 11.1 Å². The molecular weight excluding hydrogens is 316 g/mol. The van der Waals surface area contributed by atoms with Crippen LogP contribution in [0.25, 0.3) is 22.0 Å². The highest BCUT2D eigenvalue weighted by Gasteiger charge is 2.28. The Labute approximate surface area is 144 Å². The van der Waals surface area contributed by atoms with Gasteiger partial charge in [-0.05, 0) is 29.7 Å². The third-order valence-electron chi connectivity index (χ3n) is 4.74. The number of nitrogens with zero attached hydrogens (tertiary/aromatic N) is 1. The third kappa shape index (κ3) is 2.41. The Morgan fingerprint density at radius 1 is 1.12 bits per heavy atom. The SMILES string of the molecule is CC(C)C1Nc2cc(-c3cn(C)c(=O)c4[nH]ccc34)ccc2NC1=O. The number of benzene rings is 1. The first-order chi connectivity index (χ1) is 12.0. The molecule has 1 aromatic carbocycles. The summed E-state index contributed by atoms with van der Waals surface area (Å²) in [6.07, 6.45) is 3.63. The van der Waals surface area contributed by atoms with Crippen LogP contribution >= 0.6 is 0 Å².